The predicted molar refractivity (Wildman–Crippen MR) is 105 cm³/mol. The van der Waals surface area contributed by atoms with E-state index in [1.165, 1.54) is 6.08 Å². The van der Waals surface area contributed by atoms with Crippen LogP contribution in [0.25, 0.3) is 5.83 Å². The zero-order valence-electron chi connectivity index (χ0n) is 14.2. The van der Waals surface area contributed by atoms with Crippen LogP contribution < -0.4 is 5.32 Å². The third kappa shape index (κ3) is 4.11. The quantitative estimate of drug-likeness (QED) is 0.675. The summed E-state index contributed by atoms with van der Waals surface area (Å²) < 4.78 is 15.0. The average Bonchev–Trinajstić information content (AvgIpc) is 2.80. The molecule has 1 aliphatic rings. The molecule has 0 unspecified atom stereocenters. The van der Waals surface area contributed by atoms with Crippen LogP contribution in [0.5, 0.6) is 0 Å². The van der Waals surface area contributed by atoms with Gasteiger partial charge in [0.15, 0.2) is 0 Å². The molecular weight excluding hydrogens is 343 g/mol. The largest absolute Gasteiger partial charge is 0.376 e. The number of hydrogen-bond acceptors (Lipinski definition) is 3. The summed E-state index contributed by atoms with van der Waals surface area (Å²) in [5.41, 5.74) is 2.99. The molecule has 5 heteroatoms. The lowest BCUT2D eigenvalue weighted by atomic mass is 10.00. The van der Waals surface area contributed by atoms with Crippen LogP contribution in [0.2, 0.25) is 5.02 Å². The number of aryl methyl sites for hydroxylation is 2. The standard InChI is InChI=1S/C19H22ClFN2S/c1-4-13-10-14(5-2)19(24)17(18(13)20)15(21)9-12-7-6-8-16(22-3)23-11-12/h6-7,9-11,24H,4-5,8H2,1-3H3,(H,22,23)/b15-9-. The van der Waals surface area contributed by atoms with E-state index in [9.17, 15) is 4.39 Å². The molecule has 0 bridgehead atoms. The molecule has 0 spiro atoms. The molecule has 0 saturated heterocycles. The average molecular weight is 365 g/mol. The zero-order chi connectivity index (χ0) is 17.7. The first-order valence-corrected chi connectivity index (χ1v) is 8.86. The first-order valence-electron chi connectivity index (χ1n) is 8.03. The SMILES string of the molecule is CCc1cc(CC)c(Cl)c(/C(F)=C/C2=CN=C(NC)CC=C2)c1S. The second-order valence-corrected chi connectivity index (χ2v) is 6.32. The van der Waals surface area contributed by atoms with Gasteiger partial charge in [0.1, 0.15) is 11.7 Å². The number of allylic oxidation sites excluding steroid dienone is 3. The van der Waals surface area contributed by atoms with Crippen LogP contribution in [-0.4, -0.2) is 12.9 Å². The molecule has 1 heterocycles. The van der Waals surface area contributed by atoms with Gasteiger partial charge >= 0.3 is 0 Å². The van der Waals surface area contributed by atoms with Crippen molar-refractivity contribution in [2.75, 3.05) is 7.05 Å². The Morgan fingerprint density at radius 2 is 2.08 bits per heavy atom. The number of thiol groups is 1. The van der Waals surface area contributed by atoms with E-state index in [2.05, 4.69) is 22.9 Å². The highest BCUT2D eigenvalue weighted by Crippen LogP contribution is 2.37. The number of aliphatic imine (C=N–C) groups is 1. The van der Waals surface area contributed by atoms with E-state index in [1.54, 1.807) is 6.20 Å². The van der Waals surface area contributed by atoms with Gasteiger partial charge in [-0.3, -0.25) is 0 Å². The summed E-state index contributed by atoms with van der Waals surface area (Å²) in [5, 5.41) is 3.44. The lowest BCUT2D eigenvalue weighted by Gasteiger charge is -2.14. The van der Waals surface area contributed by atoms with Crippen molar-refractivity contribution in [1.29, 1.82) is 0 Å². The Morgan fingerprint density at radius 1 is 1.38 bits per heavy atom. The Bertz CT molecular complexity index is 720. The van der Waals surface area contributed by atoms with Crippen LogP contribution in [0, 0.1) is 0 Å². The van der Waals surface area contributed by atoms with Crippen molar-refractivity contribution in [3.05, 3.63) is 57.8 Å². The van der Waals surface area contributed by atoms with E-state index in [0.717, 1.165) is 29.8 Å². The Morgan fingerprint density at radius 3 is 2.71 bits per heavy atom. The highest BCUT2D eigenvalue weighted by Gasteiger charge is 2.17. The molecule has 0 amide bonds. The Hall–Kier alpha value is -1.52. The Kier molecular flexibility index (Phi) is 6.69. The summed E-state index contributed by atoms with van der Waals surface area (Å²) in [7, 11) is 1.82. The van der Waals surface area contributed by atoms with E-state index >= 15 is 0 Å². The fraction of sp³-hybridized carbons (Fsp3) is 0.316. The van der Waals surface area contributed by atoms with Gasteiger partial charge in [-0.1, -0.05) is 43.7 Å². The summed E-state index contributed by atoms with van der Waals surface area (Å²) in [6, 6.07) is 2.01. The highest BCUT2D eigenvalue weighted by atomic mass is 35.5. The van der Waals surface area contributed by atoms with Crippen molar-refractivity contribution in [1.82, 2.24) is 5.32 Å². The van der Waals surface area contributed by atoms with E-state index < -0.39 is 5.83 Å². The van der Waals surface area contributed by atoms with Gasteiger partial charge in [-0.25, -0.2) is 9.38 Å². The van der Waals surface area contributed by atoms with Gasteiger partial charge < -0.3 is 5.32 Å². The van der Waals surface area contributed by atoms with Gasteiger partial charge in [0, 0.05) is 30.1 Å². The minimum absolute atomic E-state index is 0.368. The lowest BCUT2D eigenvalue weighted by molar-refractivity contribution is 0.753. The van der Waals surface area contributed by atoms with Crippen molar-refractivity contribution in [3.63, 3.8) is 0 Å². The lowest BCUT2D eigenvalue weighted by Crippen LogP contribution is -2.16. The number of amidine groups is 1. The molecule has 0 aromatic heterocycles. The van der Waals surface area contributed by atoms with E-state index in [0.29, 0.717) is 27.5 Å². The van der Waals surface area contributed by atoms with Crippen molar-refractivity contribution in [2.24, 2.45) is 4.99 Å². The predicted octanol–water partition coefficient (Wildman–Crippen LogP) is 5.53. The van der Waals surface area contributed by atoms with E-state index in [1.807, 2.05) is 39.1 Å². The molecule has 0 atom stereocenters. The fourth-order valence-electron chi connectivity index (χ4n) is 2.54. The molecule has 1 N–H and O–H groups in total. The number of halogens is 2. The summed E-state index contributed by atoms with van der Waals surface area (Å²) in [6.07, 6.45) is 9.12. The molecule has 128 valence electrons. The van der Waals surface area contributed by atoms with Crippen LogP contribution in [-0.2, 0) is 12.8 Å². The monoisotopic (exact) mass is 364 g/mol. The number of nitrogens with one attached hydrogen (secondary N) is 1. The molecule has 0 saturated carbocycles. The van der Waals surface area contributed by atoms with Crippen molar-refractivity contribution in [3.8, 4) is 0 Å². The molecule has 2 nitrogen and oxygen atoms in total. The van der Waals surface area contributed by atoms with Crippen molar-refractivity contribution >= 4 is 35.9 Å². The van der Waals surface area contributed by atoms with Gasteiger partial charge in [-0.05, 0) is 35.6 Å². The topological polar surface area (TPSA) is 24.4 Å². The maximum atomic E-state index is 15.0. The van der Waals surface area contributed by atoms with Gasteiger partial charge in [0.25, 0.3) is 0 Å². The molecule has 1 aliphatic heterocycles. The molecule has 1 aromatic carbocycles. The second-order valence-electron chi connectivity index (χ2n) is 5.49. The number of benzene rings is 1. The summed E-state index contributed by atoms with van der Waals surface area (Å²) in [6.45, 7) is 4.03. The minimum atomic E-state index is -0.394. The molecular formula is C19H22ClFN2S. The smallest absolute Gasteiger partial charge is 0.133 e. The molecule has 1 aromatic rings. The molecule has 0 fully saturated rings. The van der Waals surface area contributed by atoms with Gasteiger partial charge in [0.05, 0.1) is 5.02 Å². The maximum Gasteiger partial charge on any atom is 0.133 e. The summed E-state index contributed by atoms with van der Waals surface area (Å²) >= 11 is 10.9. The van der Waals surface area contributed by atoms with Crippen molar-refractivity contribution in [2.45, 2.75) is 38.0 Å². The van der Waals surface area contributed by atoms with E-state index in [-0.39, 0.29) is 0 Å². The van der Waals surface area contributed by atoms with Gasteiger partial charge in [0.2, 0.25) is 0 Å². The third-order valence-corrected chi connectivity index (χ3v) is 4.91. The normalized spacial score (nSPS) is 15.0. The van der Waals surface area contributed by atoms with E-state index in [4.69, 9.17) is 11.6 Å². The van der Waals surface area contributed by atoms with Crippen LogP contribution in [0.3, 0.4) is 0 Å². The Labute approximate surface area is 153 Å². The molecule has 2 rings (SSSR count). The molecule has 24 heavy (non-hydrogen) atoms. The van der Waals surface area contributed by atoms with Crippen LogP contribution in [0.1, 0.15) is 37.0 Å². The first-order chi connectivity index (χ1) is 11.5. The maximum absolute atomic E-state index is 15.0. The van der Waals surface area contributed by atoms with Gasteiger partial charge in [-0.15, -0.1) is 12.6 Å². The van der Waals surface area contributed by atoms with Crippen LogP contribution >= 0.6 is 24.2 Å². The fourth-order valence-corrected chi connectivity index (χ4v) is 3.42. The number of nitrogens with zero attached hydrogens (tertiary/aromatic N) is 1. The van der Waals surface area contributed by atoms with Crippen LogP contribution in [0.4, 0.5) is 4.39 Å². The van der Waals surface area contributed by atoms with Crippen molar-refractivity contribution < 1.29 is 4.39 Å². The summed E-state index contributed by atoms with van der Waals surface area (Å²) in [5.74, 6) is 0.443. The molecule has 0 radical (unpaired) electrons. The minimum Gasteiger partial charge on any atom is -0.376 e. The highest BCUT2D eigenvalue weighted by molar-refractivity contribution is 7.80. The third-order valence-electron chi connectivity index (χ3n) is 3.96. The Balaban J connectivity index is 2.51. The second kappa shape index (κ2) is 8.54. The summed E-state index contributed by atoms with van der Waals surface area (Å²) in [4.78, 5) is 4.90. The zero-order valence-corrected chi connectivity index (χ0v) is 15.8. The van der Waals surface area contributed by atoms with Gasteiger partial charge in [-0.2, -0.15) is 0 Å². The molecule has 0 aliphatic carbocycles. The number of hydrogen-bond donors (Lipinski definition) is 2. The van der Waals surface area contributed by atoms with Crippen LogP contribution in [0.15, 0.2) is 46.0 Å². The number of rotatable bonds is 4. The first kappa shape index (κ1) is 18.8.